The third kappa shape index (κ3) is 8.70. The Labute approximate surface area is 226 Å². The van der Waals surface area contributed by atoms with E-state index < -0.39 is 0 Å². The molecule has 0 unspecified atom stereocenters. The first-order valence-corrected chi connectivity index (χ1v) is 10.4. The number of aromatic nitrogens is 6. The molecular weight excluding hydrogens is 521 g/mol. The molecule has 0 amide bonds. The van der Waals surface area contributed by atoms with Gasteiger partial charge in [-0.15, -0.1) is 6.07 Å². The fourth-order valence-corrected chi connectivity index (χ4v) is 2.87. The van der Waals surface area contributed by atoms with E-state index in [9.17, 15) is 14.4 Å². The molecule has 35 heavy (non-hydrogen) atoms. The zero-order valence-corrected chi connectivity index (χ0v) is 22.7. The molecule has 9 nitrogen and oxygen atoms in total. The van der Waals surface area contributed by atoms with Crippen LogP contribution in [-0.4, -0.2) is 29.9 Å². The molecule has 1 radical (unpaired) electrons. The van der Waals surface area contributed by atoms with E-state index in [1.54, 1.807) is 18.2 Å². The van der Waals surface area contributed by atoms with Crippen LogP contribution in [-0.2, 0) is 32.7 Å². The van der Waals surface area contributed by atoms with E-state index >= 15 is 0 Å². The standard InChI is InChI=1S/2C7H6N2O.C7H5N2O.C3H8.CH3.Y/c3*10-7-8-5-3-1-2-4-6(5)9-7;1-3-2;;/h2*1-4H,(H2,8,9,10);1,3-4H,(H2,8,9,10);3H2,1-2H3;1H3;/q;;-1;;-1;. The summed E-state index contributed by atoms with van der Waals surface area (Å²) in [4.78, 5) is 47.9. The number of nitrogens with one attached hydrogen (secondary N) is 6. The molecule has 3 aromatic heterocycles. The average Bonchev–Trinajstić information content (AvgIpc) is 3.48. The second-order valence-corrected chi connectivity index (χ2v) is 7.01. The number of aromatic amines is 6. The van der Waals surface area contributed by atoms with Gasteiger partial charge < -0.3 is 37.3 Å². The number of imidazole rings is 3. The maximum atomic E-state index is 10.7. The van der Waals surface area contributed by atoms with Crippen LogP contribution in [0.15, 0.2) is 81.1 Å². The monoisotopic (exact) mass is 549 g/mol. The second-order valence-electron chi connectivity index (χ2n) is 7.01. The first kappa shape index (κ1) is 29.6. The molecule has 10 heteroatoms. The minimum atomic E-state index is -0.172. The summed E-state index contributed by atoms with van der Waals surface area (Å²) < 4.78 is 0. The summed E-state index contributed by atoms with van der Waals surface area (Å²) in [6, 6.07) is 23.1. The maximum Gasteiger partial charge on any atom is 0.323 e. The van der Waals surface area contributed by atoms with Gasteiger partial charge in [-0.05, 0) is 35.3 Å². The van der Waals surface area contributed by atoms with E-state index in [-0.39, 0.29) is 57.2 Å². The molecule has 6 N–H and O–H groups in total. The number of para-hydroxylation sites is 4. The van der Waals surface area contributed by atoms with E-state index in [4.69, 9.17) is 0 Å². The van der Waals surface area contributed by atoms with E-state index in [1.807, 2.05) is 48.5 Å². The van der Waals surface area contributed by atoms with Gasteiger partial charge in [0.25, 0.3) is 0 Å². The molecule has 0 aliphatic carbocycles. The summed E-state index contributed by atoms with van der Waals surface area (Å²) in [5.74, 6) is 0. The Morgan fingerprint density at radius 1 is 0.571 bits per heavy atom. The number of fused-ring (bicyclic) bond motifs is 3. The molecule has 0 atom stereocenters. The Kier molecular flexibility index (Phi) is 12.5. The number of benzene rings is 3. The minimum Gasteiger partial charge on any atom is -0.359 e. The Balaban J connectivity index is 0.000000242. The van der Waals surface area contributed by atoms with E-state index in [1.165, 1.54) is 6.42 Å². The molecule has 181 valence electrons. The van der Waals surface area contributed by atoms with Gasteiger partial charge >= 0.3 is 17.1 Å². The van der Waals surface area contributed by atoms with Crippen LogP contribution >= 0.6 is 0 Å². The third-order valence-electron chi connectivity index (χ3n) is 4.21. The average molecular weight is 549 g/mol. The van der Waals surface area contributed by atoms with E-state index in [2.05, 4.69) is 49.8 Å². The van der Waals surface area contributed by atoms with E-state index in [0.717, 1.165) is 33.1 Å². The van der Waals surface area contributed by atoms with Gasteiger partial charge in [0.1, 0.15) is 0 Å². The van der Waals surface area contributed by atoms with Crippen molar-refractivity contribution in [2.75, 3.05) is 0 Å². The minimum absolute atomic E-state index is 0. The van der Waals surface area contributed by atoms with Crippen molar-refractivity contribution in [2.24, 2.45) is 0 Å². The molecule has 3 aromatic carbocycles. The molecule has 0 aliphatic heterocycles. The summed E-state index contributed by atoms with van der Waals surface area (Å²) in [5, 5.41) is 0. The molecule has 0 saturated heterocycles. The molecule has 6 aromatic rings. The maximum absolute atomic E-state index is 10.7. The number of hydrogen-bond donors (Lipinski definition) is 6. The van der Waals surface area contributed by atoms with Crippen LogP contribution in [0, 0.1) is 13.5 Å². The van der Waals surface area contributed by atoms with Gasteiger partial charge in [-0.2, -0.15) is 18.2 Å². The summed E-state index contributed by atoms with van der Waals surface area (Å²) in [7, 11) is 0. The van der Waals surface area contributed by atoms with Crippen LogP contribution in [0.1, 0.15) is 20.3 Å². The SMILES string of the molecule is CCC.O=c1[nH]c2c[c-]ccc2[nH]1.O=c1[nH]c2ccccc2[nH]1.O=c1[nH]c2ccccc2[nH]1.[CH3-].[Y]. The first-order chi connectivity index (χ1) is 16.0. The van der Waals surface area contributed by atoms with Gasteiger partial charge in [0.05, 0.1) is 22.1 Å². The zero-order chi connectivity index (χ0) is 23.6. The van der Waals surface area contributed by atoms with Crippen molar-refractivity contribution in [3.8, 4) is 0 Å². The Hall–Kier alpha value is -3.43. The first-order valence-electron chi connectivity index (χ1n) is 10.4. The predicted molar refractivity (Wildman–Crippen MR) is 138 cm³/mol. The van der Waals surface area contributed by atoms with Crippen molar-refractivity contribution in [3.05, 3.63) is 112 Å². The van der Waals surface area contributed by atoms with Gasteiger partial charge in [-0.3, -0.25) is 0 Å². The third-order valence-corrected chi connectivity index (χ3v) is 4.21. The molecular formula is C25H28N6O3Y-2. The van der Waals surface area contributed by atoms with Crippen molar-refractivity contribution in [1.29, 1.82) is 0 Å². The quantitative estimate of drug-likeness (QED) is 0.158. The predicted octanol–water partition coefficient (Wildman–Crippen LogP) is 4.23. The molecule has 0 bridgehead atoms. The van der Waals surface area contributed by atoms with Gasteiger partial charge in [-0.25, -0.2) is 14.4 Å². The molecule has 0 aliphatic rings. The van der Waals surface area contributed by atoms with Gasteiger partial charge in [-0.1, -0.05) is 44.5 Å². The topological polar surface area (TPSA) is 146 Å². The Bertz CT molecular complexity index is 1300. The summed E-state index contributed by atoms with van der Waals surface area (Å²) >= 11 is 0. The summed E-state index contributed by atoms with van der Waals surface area (Å²) in [6.45, 7) is 4.25. The molecule has 3 heterocycles. The summed E-state index contributed by atoms with van der Waals surface area (Å²) in [5.41, 5.74) is 4.56. The molecule has 6 rings (SSSR count). The number of hydrogen-bond acceptors (Lipinski definition) is 3. The van der Waals surface area contributed by atoms with Crippen LogP contribution in [0.5, 0.6) is 0 Å². The van der Waals surface area contributed by atoms with Crippen LogP contribution < -0.4 is 17.1 Å². The molecule has 0 spiro atoms. The largest absolute Gasteiger partial charge is 0.359 e. The van der Waals surface area contributed by atoms with E-state index in [0.29, 0.717) is 0 Å². The van der Waals surface area contributed by atoms with Crippen molar-refractivity contribution in [1.82, 2.24) is 29.9 Å². The van der Waals surface area contributed by atoms with Crippen molar-refractivity contribution in [3.63, 3.8) is 0 Å². The van der Waals surface area contributed by atoms with Crippen LogP contribution in [0.25, 0.3) is 33.1 Å². The number of H-pyrrole nitrogens is 6. The smallest absolute Gasteiger partial charge is 0.323 e. The normalized spacial score (nSPS) is 9.43. The molecule has 0 fully saturated rings. The van der Waals surface area contributed by atoms with Gasteiger partial charge in [0.2, 0.25) is 0 Å². The molecule has 0 saturated carbocycles. The van der Waals surface area contributed by atoms with Crippen molar-refractivity contribution >= 4 is 33.1 Å². The summed E-state index contributed by atoms with van der Waals surface area (Å²) in [6.07, 6.45) is 1.25. The van der Waals surface area contributed by atoms with Gasteiger partial charge in [0.15, 0.2) is 0 Å². The fourth-order valence-electron chi connectivity index (χ4n) is 2.87. The van der Waals surface area contributed by atoms with Crippen LogP contribution in [0.3, 0.4) is 0 Å². The Morgan fingerprint density at radius 3 is 1.17 bits per heavy atom. The fraction of sp³-hybridized carbons (Fsp3) is 0.120. The van der Waals surface area contributed by atoms with Gasteiger partial charge in [0, 0.05) is 32.7 Å². The van der Waals surface area contributed by atoms with Crippen LogP contribution in [0.4, 0.5) is 0 Å². The van der Waals surface area contributed by atoms with Crippen molar-refractivity contribution < 1.29 is 32.7 Å². The number of rotatable bonds is 0. The Morgan fingerprint density at radius 2 is 0.857 bits per heavy atom. The van der Waals surface area contributed by atoms with Crippen LogP contribution in [0.2, 0.25) is 0 Å². The van der Waals surface area contributed by atoms with Crippen molar-refractivity contribution in [2.45, 2.75) is 20.3 Å². The zero-order valence-electron chi connectivity index (χ0n) is 19.9. The second kappa shape index (κ2) is 14.8.